The van der Waals surface area contributed by atoms with Gasteiger partial charge in [0, 0.05) is 30.8 Å². The van der Waals surface area contributed by atoms with Gasteiger partial charge in [0.05, 0.1) is 17.3 Å². The third-order valence-electron chi connectivity index (χ3n) is 5.89. The van der Waals surface area contributed by atoms with Gasteiger partial charge in [0.2, 0.25) is 5.95 Å². The average Bonchev–Trinajstić information content (AvgIpc) is 3.25. The van der Waals surface area contributed by atoms with Gasteiger partial charge in [-0.15, -0.1) is 0 Å². The summed E-state index contributed by atoms with van der Waals surface area (Å²) in [6, 6.07) is 10.3. The number of nitrogens with one attached hydrogen (secondary N) is 2. The molecule has 0 bridgehead atoms. The molecule has 4 rings (SSSR count). The summed E-state index contributed by atoms with van der Waals surface area (Å²) in [7, 11) is 0. The molecule has 0 radical (unpaired) electrons. The second-order valence-corrected chi connectivity index (χ2v) is 10.6. The molecule has 1 aliphatic rings. The normalized spacial score (nSPS) is 16.6. The number of carbonyl (C=O) groups excluding carboxylic acids is 2. The molecule has 2 aromatic heterocycles. The first-order valence-corrected chi connectivity index (χ1v) is 12.1. The molecule has 1 aliphatic heterocycles. The lowest BCUT2D eigenvalue weighted by Crippen LogP contribution is -2.49. The summed E-state index contributed by atoms with van der Waals surface area (Å²) in [4.78, 5) is 32.0. The van der Waals surface area contributed by atoms with E-state index in [-0.39, 0.29) is 11.9 Å². The summed E-state index contributed by atoms with van der Waals surface area (Å²) < 4.78 is 7.13. The van der Waals surface area contributed by atoms with Crippen LogP contribution in [0.3, 0.4) is 0 Å². The summed E-state index contributed by atoms with van der Waals surface area (Å²) in [5.74, 6) is 0.681. The number of fused-ring (bicyclic) bond motifs is 1. The van der Waals surface area contributed by atoms with Crippen molar-refractivity contribution < 1.29 is 19.4 Å². The van der Waals surface area contributed by atoms with E-state index in [1.165, 1.54) is 0 Å². The Bertz CT molecular complexity index is 1240. The van der Waals surface area contributed by atoms with E-state index < -0.39 is 17.3 Å². The van der Waals surface area contributed by atoms with Gasteiger partial charge in [-0.05, 0) is 71.2 Å². The van der Waals surface area contributed by atoms with Crippen molar-refractivity contribution in [3.8, 4) is 0 Å². The summed E-state index contributed by atoms with van der Waals surface area (Å²) in [6.07, 6.45) is 2.93. The highest BCUT2D eigenvalue weighted by molar-refractivity contribution is 6.04. The topological polar surface area (TPSA) is 121 Å². The summed E-state index contributed by atoms with van der Waals surface area (Å²) >= 11 is 0. The van der Waals surface area contributed by atoms with Crippen LogP contribution in [0.2, 0.25) is 0 Å². The summed E-state index contributed by atoms with van der Waals surface area (Å²) in [6.45, 7) is 10.2. The van der Waals surface area contributed by atoms with Crippen molar-refractivity contribution in [2.24, 2.45) is 0 Å². The van der Waals surface area contributed by atoms with Crippen molar-refractivity contribution in [2.75, 3.05) is 23.3 Å². The summed E-state index contributed by atoms with van der Waals surface area (Å²) in [5, 5.41) is 20.4. The monoisotopic (exact) mass is 494 g/mol. The maximum atomic E-state index is 12.9. The largest absolute Gasteiger partial charge is 0.444 e. The van der Waals surface area contributed by atoms with E-state index in [4.69, 9.17) is 9.72 Å². The number of carbonyl (C=O) groups is 2. The smallest absolute Gasteiger partial charge is 0.407 e. The van der Waals surface area contributed by atoms with Crippen molar-refractivity contribution in [1.82, 2.24) is 19.9 Å². The second kappa shape index (κ2) is 9.77. The van der Waals surface area contributed by atoms with Gasteiger partial charge in [-0.2, -0.15) is 10.1 Å². The molecule has 2 amide bonds. The molecular formula is C26H34N6O4. The van der Waals surface area contributed by atoms with Gasteiger partial charge in [0.25, 0.3) is 5.91 Å². The molecular weight excluding hydrogens is 460 g/mol. The molecule has 1 fully saturated rings. The molecule has 3 heterocycles. The fraction of sp³-hybridized carbons (Fsp3) is 0.462. The van der Waals surface area contributed by atoms with Crippen LogP contribution < -0.4 is 15.5 Å². The molecule has 3 aromatic rings. The highest BCUT2D eigenvalue weighted by Gasteiger charge is 2.27. The molecule has 10 heteroatoms. The van der Waals surface area contributed by atoms with Gasteiger partial charge in [0.15, 0.2) is 0 Å². The number of amides is 2. The number of hydrogen-bond donors (Lipinski definition) is 3. The third kappa shape index (κ3) is 6.12. The molecule has 192 valence electrons. The fourth-order valence-electron chi connectivity index (χ4n) is 4.15. The van der Waals surface area contributed by atoms with E-state index in [2.05, 4.69) is 20.6 Å². The van der Waals surface area contributed by atoms with Crippen molar-refractivity contribution in [3.63, 3.8) is 0 Å². The molecule has 1 saturated heterocycles. The maximum Gasteiger partial charge on any atom is 0.407 e. The Hall–Kier alpha value is -3.66. The summed E-state index contributed by atoms with van der Waals surface area (Å²) in [5.41, 5.74) is 0.417. The van der Waals surface area contributed by atoms with E-state index >= 15 is 0 Å². The number of aliphatic hydroxyl groups is 1. The van der Waals surface area contributed by atoms with E-state index in [9.17, 15) is 14.7 Å². The molecule has 1 aromatic carbocycles. The Morgan fingerprint density at radius 2 is 1.83 bits per heavy atom. The predicted molar refractivity (Wildman–Crippen MR) is 137 cm³/mol. The highest BCUT2D eigenvalue weighted by Crippen LogP contribution is 2.24. The van der Waals surface area contributed by atoms with Crippen molar-refractivity contribution in [1.29, 1.82) is 0 Å². The molecule has 1 atom stereocenters. The first-order chi connectivity index (χ1) is 16.9. The minimum atomic E-state index is -0.983. The lowest BCUT2D eigenvalue weighted by molar-refractivity contribution is 0.0499. The first kappa shape index (κ1) is 25.4. The van der Waals surface area contributed by atoms with Crippen LogP contribution in [0.5, 0.6) is 0 Å². The number of rotatable bonds is 5. The second-order valence-electron chi connectivity index (χ2n) is 10.6. The van der Waals surface area contributed by atoms with Crippen LogP contribution in [-0.4, -0.2) is 56.4 Å². The quantitative estimate of drug-likeness (QED) is 0.494. The van der Waals surface area contributed by atoms with Gasteiger partial charge in [-0.25, -0.2) is 9.31 Å². The van der Waals surface area contributed by atoms with Crippen LogP contribution in [0.1, 0.15) is 63.4 Å². The van der Waals surface area contributed by atoms with E-state index in [0.717, 1.165) is 30.5 Å². The number of alkyl carbamates (subject to hydrolysis) is 1. The predicted octanol–water partition coefficient (Wildman–Crippen LogP) is 3.70. The van der Waals surface area contributed by atoms with Crippen molar-refractivity contribution in [3.05, 3.63) is 53.7 Å². The zero-order valence-corrected chi connectivity index (χ0v) is 21.4. The number of aromatic nitrogens is 3. The molecule has 36 heavy (non-hydrogen) atoms. The molecule has 0 aliphatic carbocycles. The third-order valence-corrected chi connectivity index (χ3v) is 5.89. The Kier molecular flexibility index (Phi) is 6.90. The van der Waals surface area contributed by atoms with Crippen molar-refractivity contribution in [2.45, 2.75) is 64.7 Å². The Labute approximate surface area is 210 Å². The van der Waals surface area contributed by atoms with Gasteiger partial charge >= 0.3 is 6.09 Å². The van der Waals surface area contributed by atoms with E-state index in [1.54, 1.807) is 54.9 Å². The molecule has 0 saturated carbocycles. The Morgan fingerprint density at radius 3 is 2.50 bits per heavy atom. The van der Waals surface area contributed by atoms with Gasteiger partial charge in [0.1, 0.15) is 11.4 Å². The van der Waals surface area contributed by atoms with Gasteiger partial charge in [-0.3, -0.25) is 4.79 Å². The fourth-order valence-corrected chi connectivity index (χ4v) is 4.15. The van der Waals surface area contributed by atoms with Crippen LogP contribution in [0.4, 0.5) is 16.6 Å². The lowest BCUT2D eigenvalue weighted by atomic mass is 9.97. The Balaban J connectivity index is 1.52. The lowest BCUT2D eigenvalue weighted by Gasteiger charge is -2.34. The van der Waals surface area contributed by atoms with Crippen LogP contribution in [0, 0.1) is 0 Å². The number of piperidine rings is 1. The molecule has 10 nitrogen and oxygen atoms in total. The number of hydrogen-bond acceptors (Lipinski definition) is 7. The maximum absolute atomic E-state index is 12.9. The first-order valence-electron chi connectivity index (χ1n) is 12.1. The minimum absolute atomic E-state index is 0.103. The molecule has 0 spiro atoms. The standard InChI is InChI=1S/C26H34N6O4/c1-25(2,3)36-24(34)28-19-7-6-14-31(16-19)23-30-21(15-20-12-13-27-32(20)23)29-22(33)17-8-10-18(11-9-17)26(4,5)35/h8-13,15,19,35H,6-7,14,16H2,1-5H3,(H,28,34)(H,29,33)/t19-/m0/s1. The minimum Gasteiger partial charge on any atom is -0.444 e. The zero-order valence-electron chi connectivity index (χ0n) is 21.4. The SMILES string of the molecule is CC(C)(C)OC(=O)N[C@H]1CCCN(c2nc(NC(=O)c3ccc(C(C)(C)O)cc3)cc3ccnn23)C1. The number of benzene rings is 1. The Morgan fingerprint density at radius 1 is 1.11 bits per heavy atom. The van der Waals surface area contributed by atoms with Crippen LogP contribution in [-0.2, 0) is 10.3 Å². The van der Waals surface area contributed by atoms with Gasteiger partial charge < -0.3 is 25.4 Å². The van der Waals surface area contributed by atoms with Crippen molar-refractivity contribution >= 4 is 29.3 Å². The zero-order chi connectivity index (χ0) is 26.1. The number of nitrogens with zero attached hydrogens (tertiary/aromatic N) is 4. The van der Waals surface area contributed by atoms with Crippen LogP contribution in [0.15, 0.2) is 42.6 Å². The molecule has 3 N–H and O–H groups in total. The van der Waals surface area contributed by atoms with Gasteiger partial charge in [-0.1, -0.05) is 12.1 Å². The number of ether oxygens (including phenoxy) is 1. The average molecular weight is 495 g/mol. The highest BCUT2D eigenvalue weighted by atomic mass is 16.6. The van der Waals surface area contributed by atoms with Crippen LogP contribution in [0.25, 0.3) is 5.52 Å². The molecule has 0 unspecified atom stereocenters. The van der Waals surface area contributed by atoms with E-state index in [0.29, 0.717) is 23.9 Å². The van der Waals surface area contributed by atoms with E-state index in [1.807, 2.05) is 26.8 Å². The number of anilines is 2. The van der Waals surface area contributed by atoms with Crippen LogP contribution >= 0.6 is 0 Å².